The summed E-state index contributed by atoms with van der Waals surface area (Å²) in [7, 11) is 0. The van der Waals surface area contributed by atoms with Crippen LogP contribution < -0.4 is 10.6 Å². The molecule has 32 heavy (non-hydrogen) atoms. The van der Waals surface area contributed by atoms with Gasteiger partial charge in [-0.05, 0) is 48.9 Å². The minimum Gasteiger partial charge on any atom is -0.324 e. The van der Waals surface area contributed by atoms with E-state index in [2.05, 4.69) is 40.3 Å². The van der Waals surface area contributed by atoms with Crippen LogP contribution in [-0.4, -0.2) is 60.9 Å². The van der Waals surface area contributed by atoms with Crippen LogP contribution in [0.1, 0.15) is 42.0 Å². The van der Waals surface area contributed by atoms with E-state index < -0.39 is 0 Å². The fourth-order valence-corrected chi connectivity index (χ4v) is 4.22. The third-order valence-electron chi connectivity index (χ3n) is 6.14. The van der Waals surface area contributed by atoms with E-state index in [9.17, 15) is 9.59 Å². The summed E-state index contributed by atoms with van der Waals surface area (Å²) in [6.07, 6.45) is 0. The predicted octanol–water partition coefficient (Wildman–Crippen LogP) is 3.93. The van der Waals surface area contributed by atoms with Crippen molar-refractivity contribution in [2.24, 2.45) is 0 Å². The summed E-state index contributed by atoms with van der Waals surface area (Å²) in [6, 6.07) is 12.2. The molecule has 172 valence electrons. The number of rotatable bonds is 7. The minimum atomic E-state index is 0.00867. The first-order valence-electron chi connectivity index (χ1n) is 11.4. The molecule has 2 aromatic carbocycles. The van der Waals surface area contributed by atoms with Gasteiger partial charge in [-0.1, -0.05) is 50.2 Å². The van der Waals surface area contributed by atoms with Gasteiger partial charge in [0.2, 0.25) is 11.8 Å². The molecule has 0 radical (unpaired) electrons. The number of anilines is 2. The van der Waals surface area contributed by atoms with Crippen molar-refractivity contribution >= 4 is 23.2 Å². The highest BCUT2D eigenvalue weighted by Gasteiger charge is 2.22. The van der Waals surface area contributed by atoms with Crippen LogP contribution in [0.5, 0.6) is 0 Å². The molecule has 6 heteroatoms. The molecule has 0 aromatic heterocycles. The maximum absolute atomic E-state index is 12.7. The second-order valence-electron chi connectivity index (χ2n) is 9.11. The molecule has 2 aromatic rings. The van der Waals surface area contributed by atoms with E-state index in [-0.39, 0.29) is 11.8 Å². The van der Waals surface area contributed by atoms with Crippen LogP contribution in [0.3, 0.4) is 0 Å². The molecule has 0 aliphatic carbocycles. The third-order valence-corrected chi connectivity index (χ3v) is 6.14. The lowest BCUT2D eigenvalue weighted by Gasteiger charge is -2.34. The maximum Gasteiger partial charge on any atom is 0.238 e. The Kier molecular flexibility index (Phi) is 8.04. The van der Waals surface area contributed by atoms with Crippen LogP contribution in [0.4, 0.5) is 11.4 Å². The van der Waals surface area contributed by atoms with Crippen molar-refractivity contribution in [2.45, 2.75) is 40.5 Å². The van der Waals surface area contributed by atoms with Gasteiger partial charge in [0.05, 0.1) is 13.1 Å². The van der Waals surface area contributed by atoms with Gasteiger partial charge in [0.1, 0.15) is 0 Å². The molecule has 2 N–H and O–H groups in total. The molecule has 0 spiro atoms. The van der Waals surface area contributed by atoms with Gasteiger partial charge in [-0.15, -0.1) is 0 Å². The Morgan fingerprint density at radius 1 is 0.750 bits per heavy atom. The van der Waals surface area contributed by atoms with Crippen molar-refractivity contribution in [1.29, 1.82) is 0 Å². The Morgan fingerprint density at radius 2 is 1.16 bits per heavy atom. The average molecular weight is 437 g/mol. The Bertz CT molecular complexity index is 942. The highest BCUT2D eigenvalue weighted by molar-refractivity contribution is 5.94. The van der Waals surface area contributed by atoms with Crippen LogP contribution in [0.15, 0.2) is 36.4 Å². The van der Waals surface area contributed by atoms with E-state index in [0.717, 1.165) is 59.8 Å². The number of nitrogens with one attached hydrogen (secondary N) is 2. The van der Waals surface area contributed by atoms with Crippen LogP contribution in [0.25, 0.3) is 0 Å². The van der Waals surface area contributed by atoms with Crippen molar-refractivity contribution in [3.05, 3.63) is 58.7 Å². The second kappa shape index (κ2) is 10.7. The van der Waals surface area contributed by atoms with E-state index >= 15 is 0 Å². The first-order valence-corrected chi connectivity index (χ1v) is 11.4. The average Bonchev–Trinajstić information content (AvgIpc) is 2.73. The zero-order valence-electron chi connectivity index (χ0n) is 20.0. The molecule has 0 saturated carbocycles. The molecular formula is C26H36N4O2. The largest absolute Gasteiger partial charge is 0.324 e. The Morgan fingerprint density at radius 3 is 1.62 bits per heavy atom. The highest BCUT2D eigenvalue weighted by Crippen LogP contribution is 2.27. The first kappa shape index (κ1) is 24.0. The molecule has 3 rings (SSSR count). The van der Waals surface area contributed by atoms with E-state index in [1.807, 2.05) is 51.1 Å². The number of hydrogen-bond acceptors (Lipinski definition) is 4. The number of benzene rings is 2. The molecule has 1 heterocycles. The zero-order valence-corrected chi connectivity index (χ0v) is 20.0. The lowest BCUT2D eigenvalue weighted by Crippen LogP contribution is -2.50. The van der Waals surface area contributed by atoms with Crippen LogP contribution >= 0.6 is 0 Å². The van der Waals surface area contributed by atoms with Gasteiger partial charge in [-0.3, -0.25) is 19.4 Å². The minimum absolute atomic E-state index is 0.00867. The van der Waals surface area contributed by atoms with E-state index in [4.69, 9.17) is 0 Å². The van der Waals surface area contributed by atoms with Gasteiger partial charge in [-0.2, -0.15) is 0 Å². The summed E-state index contributed by atoms with van der Waals surface area (Å²) in [5, 5.41) is 6.19. The van der Waals surface area contributed by atoms with Crippen LogP contribution in [0.2, 0.25) is 0 Å². The normalized spacial score (nSPS) is 15.1. The molecule has 1 aliphatic heterocycles. The molecule has 0 atom stereocenters. The van der Waals surface area contributed by atoms with E-state index in [1.165, 1.54) is 0 Å². The molecule has 2 amide bonds. The molecule has 0 unspecified atom stereocenters. The van der Waals surface area contributed by atoms with Gasteiger partial charge in [0.25, 0.3) is 0 Å². The highest BCUT2D eigenvalue weighted by atomic mass is 16.2. The summed E-state index contributed by atoms with van der Waals surface area (Å²) in [4.78, 5) is 29.5. The van der Waals surface area contributed by atoms with Gasteiger partial charge in [-0.25, -0.2) is 0 Å². The second-order valence-corrected chi connectivity index (χ2v) is 9.11. The summed E-state index contributed by atoms with van der Waals surface area (Å²) < 4.78 is 0. The van der Waals surface area contributed by atoms with Crippen LogP contribution in [-0.2, 0) is 9.59 Å². The van der Waals surface area contributed by atoms with E-state index in [1.54, 1.807) is 0 Å². The predicted molar refractivity (Wildman–Crippen MR) is 131 cm³/mol. The number of aryl methyl sites for hydroxylation is 3. The lowest BCUT2D eigenvalue weighted by atomic mass is 9.98. The Balaban J connectivity index is 1.47. The monoisotopic (exact) mass is 436 g/mol. The lowest BCUT2D eigenvalue weighted by molar-refractivity contribution is -0.120. The van der Waals surface area contributed by atoms with Gasteiger partial charge >= 0.3 is 0 Å². The van der Waals surface area contributed by atoms with Crippen molar-refractivity contribution < 1.29 is 9.59 Å². The quantitative estimate of drug-likeness (QED) is 0.690. The Labute approximate surface area is 192 Å². The molecule has 1 saturated heterocycles. The fourth-order valence-electron chi connectivity index (χ4n) is 4.22. The van der Waals surface area contributed by atoms with E-state index in [0.29, 0.717) is 19.0 Å². The smallest absolute Gasteiger partial charge is 0.238 e. The first-order chi connectivity index (χ1) is 15.2. The fraction of sp³-hybridized carbons (Fsp3) is 0.462. The van der Waals surface area contributed by atoms with Gasteiger partial charge in [0, 0.05) is 37.6 Å². The number of amides is 2. The standard InChI is InChI=1S/C26H36N4O2/c1-18(2)22-11-7-10-21(5)26(22)28-24(32)17-30-14-12-29(13-15-30)16-23(31)27-25-19(3)8-6-9-20(25)4/h6-11,18H,12-17H2,1-5H3,(H,27,31)(H,28,32). The number of carbonyl (C=O) groups excluding carboxylic acids is 2. The topological polar surface area (TPSA) is 64.7 Å². The maximum atomic E-state index is 12.7. The number of carbonyl (C=O) groups is 2. The SMILES string of the molecule is Cc1cccc(C)c1NC(=O)CN1CCN(CC(=O)Nc2c(C)cccc2C(C)C)CC1. The van der Waals surface area contributed by atoms with Crippen molar-refractivity contribution in [3.8, 4) is 0 Å². The molecule has 6 nitrogen and oxygen atoms in total. The number of hydrogen-bond donors (Lipinski definition) is 2. The summed E-state index contributed by atoms with van der Waals surface area (Å²) in [5.74, 6) is 0.375. The zero-order chi connectivity index (χ0) is 23.3. The summed E-state index contributed by atoms with van der Waals surface area (Å²) in [6.45, 7) is 14.2. The summed E-state index contributed by atoms with van der Waals surface area (Å²) >= 11 is 0. The third kappa shape index (κ3) is 6.17. The van der Waals surface area contributed by atoms with Crippen molar-refractivity contribution in [3.63, 3.8) is 0 Å². The van der Waals surface area contributed by atoms with Gasteiger partial charge < -0.3 is 10.6 Å². The summed E-state index contributed by atoms with van der Waals surface area (Å²) in [5.41, 5.74) is 6.24. The molecular weight excluding hydrogens is 400 g/mol. The molecule has 0 bridgehead atoms. The number of nitrogens with zero attached hydrogens (tertiary/aromatic N) is 2. The number of piperazine rings is 1. The number of para-hydroxylation sites is 2. The Hall–Kier alpha value is -2.70. The molecule has 1 fully saturated rings. The van der Waals surface area contributed by atoms with Gasteiger partial charge in [0.15, 0.2) is 0 Å². The van der Waals surface area contributed by atoms with Crippen molar-refractivity contribution in [1.82, 2.24) is 9.80 Å². The van der Waals surface area contributed by atoms with Crippen molar-refractivity contribution in [2.75, 3.05) is 49.9 Å². The van der Waals surface area contributed by atoms with Crippen LogP contribution in [0, 0.1) is 20.8 Å². The molecule has 1 aliphatic rings.